The fraction of sp³-hybridized carbons (Fsp3) is 0.300. The van der Waals surface area contributed by atoms with Crippen LogP contribution in [-0.4, -0.2) is 17.8 Å². The summed E-state index contributed by atoms with van der Waals surface area (Å²) in [6.07, 6.45) is 0. The Kier molecular flexibility index (Phi) is 6.26. The summed E-state index contributed by atoms with van der Waals surface area (Å²) in [6, 6.07) is 14.6. The number of carbonyl (C=O) groups is 2. The molecule has 4 nitrogen and oxygen atoms in total. The molecule has 0 fully saturated rings. The van der Waals surface area contributed by atoms with Crippen LogP contribution in [0.1, 0.15) is 43.6 Å². The molecular weight excluding hydrogens is 334 g/mol. The van der Waals surface area contributed by atoms with Gasteiger partial charge < -0.3 is 10.1 Å². The van der Waals surface area contributed by atoms with E-state index < -0.39 is 0 Å². The van der Waals surface area contributed by atoms with E-state index in [1.165, 1.54) is 5.56 Å². The zero-order valence-electron chi connectivity index (χ0n) is 15.0. The molecule has 5 heteroatoms. The van der Waals surface area contributed by atoms with Gasteiger partial charge in [-0.15, -0.1) is 0 Å². The van der Waals surface area contributed by atoms with E-state index in [4.69, 9.17) is 4.74 Å². The SMILES string of the molecule is CCOC(=O)c1ccc(NC(=O)Sc2ccc(C(C)(C)C)cc2)cc1. The van der Waals surface area contributed by atoms with Crippen LogP contribution in [-0.2, 0) is 10.2 Å². The smallest absolute Gasteiger partial charge is 0.338 e. The van der Waals surface area contributed by atoms with E-state index in [-0.39, 0.29) is 16.6 Å². The molecule has 2 aromatic carbocycles. The van der Waals surface area contributed by atoms with Gasteiger partial charge in [0.2, 0.25) is 0 Å². The zero-order valence-corrected chi connectivity index (χ0v) is 15.8. The Morgan fingerprint density at radius 3 is 2.12 bits per heavy atom. The van der Waals surface area contributed by atoms with E-state index in [1.807, 2.05) is 24.3 Å². The lowest BCUT2D eigenvalue weighted by molar-refractivity contribution is 0.0526. The van der Waals surface area contributed by atoms with E-state index in [2.05, 4.69) is 26.1 Å². The first kappa shape index (κ1) is 19.1. The molecule has 0 spiro atoms. The van der Waals surface area contributed by atoms with Gasteiger partial charge in [-0.25, -0.2) is 4.79 Å². The molecule has 0 radical (unpaired) electrons. The number of rotatable bonds is 4. The van der Waals surface area contributed by atoms with Crippen molar-refractivity contribution in [2.75, 3.05) is 11.9 Å². The Morgan fingerprint density at radius 2 is 1.60 bits per heavy atom. The molecule has 2 rings (SSSR count). The molecule has 1 N–H and O–H groups in total. The second-order valence-electron chi connectivity index (χ2n) is 6.59. The number of hydrogen-bond acceptors (Lipinski definition) is 4. The second kappa shape index (κ2) is 8.21. The van der Waals surface area contributed by atoms with Crippen molar-refractivity contribution in [1.29, 1.82) is 0 Å². The van der Waals surface area contributed by atoms with Crippen molar-refractivity contribution in [3.63, 3.8) is 0 Å². The third-order valence-electron chi connectivity index (χ3n) is 3.57. The Morgan fingerprint density at radius 1 is 1.00 bits per heavy atom. The maximum absolute atomic E-state index is 12.1. The van der Waals surface area contributed by atoms with Gasteiger partial charge in [0.25, 0.3) is 5.24 Å². The van der Waals surface area contributed by atoms with Gasteiger partial charge >= 0.3 is 5.97 Å². The van der Waals surface area contributed by atoms with Crippen LogP contribution in [0.4, 0.5) is 10.5 Å². The van der Waals surface area contributed by atoms with Crippen molar-refractivity contribution in [2.45, 2.75) is 38.0 Å². The molecule has 0 aromatic heterocycles. The molecule has 0 saturated heterocycles. The van der Waals surface area contributed by atoms with Crippen molar-refractivity contribution < 1.29 is 14.3 Å². The Balaban J connectivity index is 1.95. The van der Waals surface area contributed by atoms with Crippen LogP contribution in [0, 0.1) is 0 Å². The van der Waals surface area contributed by atoms with Crippen LogP contribution < -0.4 is 5.32 Å². The lowest BCUT2D eigenvalue weighted by Crippen LogP contribution is -2.10. The molecule has 0 aliphatic rings. The highest BCUT2D eigenvalue weighted by Gasteiger charge is 2.14. The first-order valence-corrected chi connectivity index (χ1v) is 8.98. The Labute approximate surface area is 153 Å². The fourth-order valence-electron chi connectivity index (χ4n) is 2.18. The Hall–Kier alpha value is -2.27. The lowest BCUT2D eigenvalue weighted by Gasteiger charge is -2.18. The molecular formula is C20H23NO3S. The van der Waals surface area contributed by atoms with Crippen LogP contribution in [0.5, 0.6) is 0 Å². The van der Waals surface area contributed by atoms with Crippen LogP contribution in [0.2, 0.25) is 0 Å². The zero-order chi connectivity index (χ0) is 18.4. The quantitative estimate of drug-likeness (QED) is 0.581. The van der Waals surface area contributed by atoms with Gasteiger partial charge in [0.15, 0.2) is 0 Å². The third-order valence-corrected chi connectivity index (χ3v) is 4.37. The molecule has 0 saturated carbocycles. The molecule has 1 amide bonds. The fourth-order valence-corrected chi connectivity index (χ4v) is 2.83. The number of carbonyl (C=O) groups excluding carboxylic acids is 2. The van der Waals surface area contributed by atoms with Crippen molar-refractivity contribution in [3.05, 3.63) is 59.7 Å². The predicted molar refractivity (Wildman–Crippen MR) is 102 cm³/mol. The summed E-state index contributed by atoms with van der Waals surface area (Å²) in [5, 5.41) is 2.63. The van der Waals surface area contributed by atoms with Crippen molar-refractivity contribution in [3.8, 4) is 0 Å². The number of thioether (sulfide) groups is 1. The highest BCUT2D eigenvalue weighted by molar-refractivity contribution is 8.13. The topological polar surface area (TPSA) is 55.4 Å². The largest absolute Gasteiger partial charge is 0.462 e. The van der Waals surface area contributed by atoms with Crippen LogP contribution in [0.15, 0.2) is 53.4 Å². The predicted octanol–water partition coefficient (Wildman–Crippen LogP) is 5.49. The minimum Gasteiger partial charge on any atom is -0.462 e. The molecule has 0 aliphatic heterocycles. The number of benzene rings is 2. The van der Waals surface area contributed by atoms with Crippen LogP contribution >= 0.6 is 11.8 Å². The molecule has 132 valence electrons. The third kappa shape index (κ3) is 5.64. The van der Waals surface area contributed by atoms with Crippen molar-refractivity contribution >= 4 is 28.7 Å². The molecule has 0 atom stereocenters. The van der Waals surface area contributed by atoms with Crippen LogP contribution in [0.25, 0.3) is 0 Å². The minimum absolute atomic E-state index is 0.0894. The lowest BCUT2D eigenvalue weighted by atomic mass is 9.87. The van der Waals surface area contributed by atoms with E-state index in [0.29, 0.717) is 17.9 Å². The molecule has 0 heterocycles. The van der Waals surface area contributed by atoms with E-state index in [1.54, 1.807) is 31.2 Å². The number of hydrogen-bond donors (Lipinski definition) is 1. The van der Waals surface area contributed by atoms with Crippen molar-refractivity contribution in [2.24, 2.45) is 0 Å². The summed E-state index contributed by atoms with van der Waals surface area (Å²) in [5.41, 5.74) is 2.42. The summed E-state index contributed by atoms with van der Waals surface area (Å²) < 4.78 is 4.93. The summed E-state index contributed by atoms with van der Waals surface area (Å²) in [7, 11) is 0. The Bertz CT molecular complexity index is 731. The summed E-state index contributed by atoms with van der Waals surface area (Å²) in [6.45, 7) is 8.56. The van der Waals surface area contributed by atoms with E-state index in [9.17, 15) is 9.59 Å². The van der Waals surface area contributed by atoms with Crippen molar-refractivity contribution in [1.82, 2.24) is 0 Å². The van der Waals surface area contributed by atoms with Gasteiger partial charge in [-0.05, 0) is 66.1 Å². The van der Waals surface area contributed by atoms with Gasteiger partial charge in [-0.2, -0.15) is 0 Å². The first-order chi connectivity index (χ1) is 11.8. The number of ether oxygens (including phenoxy) is 1. The molecule has 25 heavy (non-hydrogen) atoms. The second-order valence-corrected chi connectivity index (χ2v) is 7.63. The van der Waals surface area contributed by atoms with E-state index >= 15 is 0 Å². The molecule has 2 aromatic rings. The monoisotopic (exact) mass is 357 g/mol. The summed E-state index contributed by atoms with van der Waals surface area (Å²) in [4.78, 5) is 24.6. The van der Waals surface area contributed by atoms with Gasteiger partial charge in [-0.3, -0.25) is 4.79 Å². The summed E-state index contributed by atoms with van der Waals surface area (Å²) >= 11 is 1.13. The number of anilines is 1. The maximum Gasteiger partial charge on any atom is 0.338 e. The standard InChI is InChI=1S/C20H23NO3S/c1-5-24-18(22)14-6-10-16(11-7-14)21-19(23)25-17-12-8-15(9-13-17)20(2,3)4/h6-13H,5H2,1-4H3,(H,21,23). The average Bonchev–Trinajstić information content (AvgIpc) is 2.55. The van der Waals surface area contributed by atoms with Gasteiger partial charge in [-0.1, -0.05) is 32.9 Å². The average molecular weight is 357 g/mol. The van der Waals surface area contributed by atoms with Crippen LogP contribution in [0.3, 0.4) is 0 Å². The minimum atomic E-state index is -0.367. The molecule has 0 unspecified atom stereocenters. The van der Waals surface area contributed by atoms with Gasteiger partial charge in [0.05, 0.1) is 12.2 Å². The normalized spacial score (nSPS) is 11.0. The van der Waals surface area contributed by atoms with Gasteiger partial charge in [0, 0.05) is 10.6 Å². The first-order valence-electron chi connectivity index (χ1n) is 8.16. The number of amides is 1. The number of nitrogens with one attached hydrogen (secondary N) is 1. The molecule has 0 aliphatic carbocycles. The highest BCUT2D eigenvalue weighted by Crippen LogP contribution is 2.26. The summed E-state index contributed by atoms with van der Waals surface area (Å²) in [5.74, 6) is -0.367. The highest BCUT2D eigenvalue weighted by atomic mass is 32.2. The maximum atomic E-state index is 12.1. The van der Waals surface area contributed by atoms with E-state index in [0.717, 1.165) is 16.7 Å². The molecule has 0 bridgehead atoms. The number of esters is 1. The van der Waals surface area contributed by atoms with Gasteiger partial charge in [0.1, 0.15) is 0 Å².